The van der Waals surface area contributed by atoms with Crippen LogP contribution in [-0.4, -0.2) is 28.8 Å². The van der Waals surface area contributed by atoms with E-state index < -0.39 is 23.7 Å². The Morgan fingerprint density at radius 3 is 2.64 bits per heavy atom. The van der Waals surface area contributed by atoms with Crippen LogP contribution in [0, 0.1) is 0 Å². The van der Waals surface area contributed by atoms with E-state index in [9.17, 15) is 9.59 Å². The van der Waals surface area contributed by atoms with Crippen molar-refractivity contribution < 1.29 is 20.8 Å². The molecule has 1 amide bonds. The van der Waals surface area contributed by atoms with Crippen LogP contribution in [0.1, 0.15) is 35.5 Å². The molecule has 0 spiro atoms. The number of aliphatic carboxylic acids is 1. The van der Waals surface area contributed by atoms with Gasteiger partial charge in [0.25, 0.3) is 0 Å². The van der Waals surface area contributed by atoms with Crippen molar-refractivity contribution in [3.05, 3.63) is 0 Å². The van der Waals surface area contributed by atoms with E-state index in [1.165, 1.54) is 0 Å². The second kappa shape index (κ2) is 4.83. The molecule has 0 heterocycles. The molecule has 0 fully saturated rings. The van der Waals surface area contributed by atoms with Crippen LogP contribution < -0.4 is 5.32 Å². The molecule has 1 atom stereocenters. The molecule has 0 aromatic heterocycles. The summed E-state index contributed by atoms with van der Waals surface area (Å²) < 4.78 is 12.0. The number of alkyl carbamates (subject to hydrolysis) is 1. The molecule has 0 aromatic rings. The van der Waals surface area contributed by atoms with Crippen molar-refractivity contribution in [3.8, 4) is 0 Å². The lowest BCUT2D eigenvalue weighted by Crippen LogP contribution is -2.38. The van der Waals surface area contributed by atoms with Crippen molar-refractivity contribution in [1.29, 1.82) is 0 Å². The van der Waals surface area contributed by atoms with Gasteiger partial charge in [0.2, 0.25) is 0 Å². The minimum absolute atomic E-state index is 0.0479. The molecular formula is C9H17NO4. The third kappa shape index (κ3) is 7.39. The minimum Gasteiger partial charge on any atom is -0.481 e. The maximum atomic E-state index is 11.2. The van der Waals surface area contributed by atoms with Gasteiger partial charge in [-0.15, -0.1) is 0 Å². The number of carbonyl (C=O) groups is 2. The second-order valence-electron chi connectivity index (χ2n) is 3.79. The van der Waals surface area contributed by atoms with Gasteiger partial charge < -0.3 is 15.2 Å². The Kier molecular flexibility index (Phi) is 3.73. The summed E-state index contributed by atoms with van der Waals surface area (Å²) in [4.78, 5) is 21.5. The van der Waals surface area contributed by atoms with E-state index in [1.807, 2.05) is 0 Å². The number of ether oxygens (including phenoxy) is 1. The number of hydrogen-bond donors (Lipinski definition) is 2. The van der Waals surface area contributed by atoms with E-state index in [0.717, 1.165) is 0 Å². The molecule has 0 aromatic carbocycles. The van der Waals surface area contributed by atoms with Gasteiger partial charge in [0.15, 0.2) is 0 Å². The average Bonchev–Trinajstić information content (AvgIpc) is 2.00. The molecular weight excluding hydrogens is 186 g/mol. The van der Waals surface area contributed by atoms with E-state index in [4.69, 9.17) is 11.2 Å². The first-order valence-electron chi connectivity index (χ1n) is 4.98. The van der Waals surface area contributed by atoms with Gasteiger partial charge in [0.1, 0.15) is 5.60 Å². The van der Waals surface area contributed by atoms with Gasteiger partial charge in [-0.1, -0.05) is 0 Å². The van der Waals surface area contributed by atoms with Gasteiger partial charge in [-0.2, -0.15) is 0 Å². The Morgan fingerprint density at radius 1 is 1.64 bits per heavy atom. The average molecular weight is 204 g/mol. The Hall–Kier alpha value is -1.26. The van der Waals surface area contributed by atoms with Gasteiger partial charge in [-0.3, -0.25) is 4.79 Å². The third-order valence-electron chi connectivity index (χ3n) is 1.21. The lowest BCUT2D eigenvalue weighted by atomic mass is 10.2. The van der Waals surface area contributed by atoms with Crippen LogP contribution in [0.5, 0.6) is 0 Å². The Morgan fingerprint density at radius 2 is 2.21 bits per heavy atom. The first-order chi connectivity index (χ1) is 6.76. The van der Waals surface area contributed by atoms with Crippen LogP contribution in [0.3, 0.4) is 0 Å². The fourth-order valence-corrected chi connectivity index (χ4v) is 0.795. The number of carboxylic acid groups (broad SMARTS) is 1. The third-order valence-corrected chi connectivity index (χ3v) is 1.21. The molecule has 0 radical (unpaired) electrons. The smallest absolute Gasteiger partial charge is 0.407 e. The first-order valence-corrected chi connectivity index (χ1v) is 4.27. The van der Waals surface area contributed by atoms with Crippen molar-refractivity contribution in [3.63, 3.8) is 0 Å². The van der Waals surface area contributed by atoms with Crippen LogP contribution in [-0.2, 0) is 9.53 Å². The van der Waals surface area contributed by atoms with Gasteiger partial charge in [-0.25, -0.2) is 4.79 Å². The molecule has 14 heavy (non-hydrogen) atoms. The summed E-state index contributed by atoms with van der Waals surface area (Å²) in [6.07, 6.45) is -0.850. The molecule has 5 heteroatoms. The lowest BCUT2D eigenvalue weighted by Gasteiger charge is -2.21. The summed E-state index contributed by atoms with van der Waals surface area (Å²) in [5.74, 6) is -0.984. The molecule has 82 valence electrons. The molecule has 0 bridgehead atoms. The molecule has 0 saturated carbocycles. The molecule has 0 aliphatic heterocycles. The van der Waals surface area contributed by atoms with E-state index in [1.54, 1.807) is 20.8 Å². The van der Waals surface area contributed by atoms with E-state index in [2.05, 4.69) is 5.32 Å². The summed E-state index contributed by atoms with van der Waals surface area (Å²) in [5.41, 5.74) is -0.854. The standard InChI is InChI=1S/C9H17NO4/c1-6(5-7(11)12)10-8(13)14-9(2,3)4/h6H,5H2,1-4H3,(H,10,13)(H,11,12)/t6-/m0/s1/i2D. The number of rotatable bonds is 3. The second-order valence-corrected chi connectivity index (χ2v) is 3.79. The molecule has 0 aliphatic rings. The zero-order valence-corrected chi connectivity index (χ0v) is 8.66. The summed E-state index contributed by atoms with van der Waals surface area (Å²) in [7, 11) is 0. The predicted octanol–water partition coefficient (Wildman–Crippen LogP) is 1.37. The largest absolute Gasteiger partial charge is 0.481 e. The number of carboxylic acids is 1. The summed E-state index contributed by atoms with van der Waals surface area (Å²) in [6, 6.07) is -0.489. The van der Waals surface area contributed by atoms with E-state index in [-0.39, 0.29) is 13.3 Å². The predicted molar refractivity (Wildman–Crippen MR) is 51.1 cm³/mol. The molecule has 5 nitrogen and oxygen atoms in total. The maximum absolute atomic E-state index is 11.2. The fourth-order valence-electron chi connectivity index (χ4n) is 0.795. The van der Waals surface area contributed by atoms with Gasteiger partial charge in [-0.05, 0) is 27.7 Å². The van der Waals surface area contributed by atoms with Gasteiger partial charge >= 0.3 is 12.1 Å². The normalized spacial score (nSPS) is 14.1. The van der Waals surface area contributed by atoms with Crippen LogP contribution >= 0.6 is 0 Å². The number of nitrogens with one attached hydrogen (secondary N) is 1. The quantitative estimate of drug-likeness (QED) is 0.728. The van der Waals surface area contributed by atoms with Crippen LogP contribution in [0.15, 0.2) is 0 Å². The summed E-state index contributed by atoms with van der Waals surface area (Å²) >= 11 is 0. The monoisotopic (exact) mass is 204 g/mol. The highest BCUT2D eigenvalue weighted by Gasteiger charge is 2.18. The number of carbonyl (C=O) groups excluding carboxylic acids is 1. The summed E-state index contributed by atoms with van der Waals surface area (Å²) in [6.45, 7) is 4.75. The highest BCUT2D eigenvalue weighted by atomic mass is 16.6. The highest BCUT2D eigenvalue weighted by molar-refractivity contribution is 5.71. The zero-order valence-electron chi connectivity index (χ0n) is 9.66. The Labute approximate surface area is 84.8 Å². The summed E-state index contributed by atoms with van der Waals surface area (Å²) in [5, 5.41) is 10.8. The van der Waals surface area contributed by atoms with Crippen molar-refractivity contribution in [2.24, 2.45) is 0 Å². The van der Waals surface area contributed by atoms with Gasteiger partial charge in [0, 0.05) is 7.41 Å². The van der Waals surface area contributed by atoms with Crippen molar-refractivity contribution in [2.75, 3.05) is 0 Å². The van der Waals surface area contributed by atoms with Crippen molar-refractivity contribution >= 4 is 12.1 Å². The highest BCUT2D eigenvalue weighted by Crippen LogP contribution is 2.06. The number of hydrogen-bond acceptors (Lipinski definition) is 3. The Bertz CT molecular complexity index is 242. The Balaban J connectivity index is 3.98. The SMILES string of the molecule is [2H]CC(C)(C)OC(=O)N[C@@H](C)CC(=O)O. The number of amides is 1. The van der Waals surface area contributed by atoms with Gasteiger partial charge in [0.05, 0.1) is 6.42 Å². The lowest BCUT2D eigenvalue weighted by molar-refractivity contribution is -0.137. The van der Waals surface area contributed by atoms with Crippen LogP contribution in [0.2, 0.25) is 0 Å². The fraction of sp³-hybridized carbons (Fsp3) is 0.778. The topological polar surface area (TPSA) is 75.6 Å². The van der Waals surface area contributed by atoms with Crippen LogP contribution in [0.4, 0.5) is 4.79 Å². The van der Waals surface area contributed by atoms with Crippen LogP contribution in [0.25, 0.3) is 0 Å². The molecule has 0 rings (SSSR count). The molecule has 2 N–H and O–H groups in total. The molecule has 0 unspecified atom stereocenters. The molecule has 0 saturated heterocycles. The van der Waals surface area contributed by atoms with Crippen molar-refractivity contribution in [2.45, 2.75) is 45.7 Å². The van der Waals surface area contributed by atoms with E-state index >= 15 is 0 Å². The van der Waals surface area contributed by atoms with E-state index in [0.29, 0.717) is 0 Å². The maximum Gasteiger partial charge on any atom is 0.407 e. The minimum atomic E-state index is -0.984. The molecule has 0 aliphatic carbocycles. The zero-order chi connectivity index (χ0) is 12.1. The first kappa shape index (κ1) is 10.8. The van der Waals surface area contributed by atoms with Crippen molar-refractivity contribution in [1.82, 2.24) is 5.32 Å².